The molecule has 0 heterocycles. The van der Waals surface area contributed by atoms with Crippen LogP contribution in [-0.4, -0.2) is 16.8 Å². The Morgan fingerprint density at radius 1 is 1.33 bits per heavy atom. The first-order valence-electron chi connectivity index (χ1n) is 3.62. The van der Waals surface area contributed by atoms with E-state index in [4.69, 9.17) is 5.11 Å². The summed E-state index contributed by atoms with van der Waals surface area (Å²) < 4.78 is 0. The van der Waals surface area contributed by atoms with Gasteiger partial charge in [0.25, 0.3) is 0 Å². The summed E-state index contributed by atoms with van der Waals surface area (Å²) in [6, 6.07) is 0. The van der Waals surface area contributed by atoms with Crippen molar-refractivity contribution in [1.29, 1.82) is 0 Å². The Hall–Kier alpha value is 0.310. The van der Waals surface area contributed by atoms with Gasteiger partial charge < -0.3 is 5.11 Å². The van der Waals surface area contributed by atoms with E-state index >= 15 is 0 Å². The van der Waals surface area contributed by atoms with E-state index in [0.29, 0.717) is 5.94 Å². The minimum absolute atomic E-state index is 0.302. The Bertz CT molecular complexity index is 69.3. The molecule has 0 atom stereocenters. The maximum Gasteiger partial charge on any atom is 0.0886 e. The third kappa shape index (κ3) is 2.59. The molecule has 1 rings (SSSR count). The molecule has 0 amide bonds. The monoisotopic (exact) mass is 146 g/mol. The molecule has 0 unspecified atom stereocenters. The van der Waals surface area contributed by atoms with Crippen LogP contribution in [0.25, 0.3) is 0 Å². The summed E-state index contributed by atoms with van der Waals surface area (Å²) in [5.41, 5.74) is 0. The highest BCUT2D eigenvalue weighted by Gasteiger charge is 2.13. The molecule has 0 aliphatic heterocycles. The van der Waals surface area contributed by atoms with E-state index in [1.165, 1.54) is 31.4 Å². The first-order valence-corrected chi connectivity index (χ1v) is 4.77. The lowest BCUT2D eigenvalue weighted by atomic mass is 10.1. The Kier molecular flexibility index (Phi) is 3.44. The molecule has 0 saturated heterocycles. The van der Waals surface area contributed by atoms with Gasteiger partial charge in [-0.2, -0.15) is 0 Å². The standard InChI is InChI=1S/C7H14OS/c8-6-9-5-7-3-1-2-4-7/h7-8H,1-6H2. The molecule has 54 valence electrons. The lowest BCUT2D eigenvalue weighted by Crippen LogP contribution is -1.96. The van der Waals surface area contributed by atoms with Crippen LogP contribution >= 0.6 is 11.8 Å². The maximum atomic E-state index is 8.49. The smallest absolute Gasteiger partial charge is 0.0886 e. The van der Waals surface area contributed by atoms with Crippen molar-refractivity contribution < 1.29 is 5.11 Å². The molecule has 0 spiro atoms. The summed E-state index contributed by atoms with van der Waals surface area (Å²) in [5, 5.41) is 8.49. The summed E-state index contributed by atoms with van der Waals surface area (Å²) in [7, 11) is 0. The number of aliphatic hydroxyl groups excluding tert-OH is 1. The van der Waals surface area contributed by atoms with Crippen molar-refractivity contribution in [1.82, 2.24) is 0 Å². The highest BCUT2D eigenvalue weighted by molar-refractivity contribution is 7.99. The van der Waals surface area contributed by atoms with Crippen LogP contribution in [0, 0.1) is 5.92 Å². The van der Waals surface area contributed by atoms with E-state index in [9.17, 15) is 0 Å². The summed E-state index contributed by atoms with van der Waals surface area (Å²) in [6.45, 7) is 0. The number of thioether (sulfide) groups is 1. The van der Waals surface area contributed by atoms with Crippen LogP contribution in [0.1, 0.15) is 25.7 Å². The van der Waals surface area contributed by atoms with Crippen molar-refractivity contribution in [3.05, 3.63) is 0 Å². The molecular weight excluding hydrogens is 132 g/mol. The molecule has 1 saturated carbocycles. The molecule has 1 nitrogen and oxygen atoms in total. The van der Waals surface area contributed by atoms with E-state index in [1.807, 2.05) is 0 Å². The summed E-state index contributed by atoms with van der Waals surface area (Å²) in [5.74, 6) is 2.40. The molecule has 0 aromatic carbocycles. The van der Waals surface area contributed by atoms with Gasteiger partial charge in [0, 0.05) is 0 Å². The van der Waals surface area contributed by atoms with Crippen LogP contribution in [0.5, 0.6) is 0 Å². The highest BCUT2D eigenvalue weighted by Crippen LogP contribution is 2.27. The topological polar surface area (TPSA) is 20.2 Å². The summed E-state index contributed by atoms with van der Waals surface area (Å²) in [6.07, 6.45) is 5.62. The second-order valence-electron chi connectivity index (χ2n) is 2.65. The average molecular weight is 146 g/mol. The van der Waals surface area contributed by atoms with E-state index < -0.39 is 0 Å². The van der Waals surface area contributed by atoms with Crippen LogP contribution in [-0.2, 0) is 0 Å². The Morgan fingerprint density at radius 2 is 2.00 bits per heavy atom. The number of hydrogen-bond acceptors (Lipinski definition) is 2. The van der Waals surface area contributed by atoms with Gasteiger partial charge >= 0.3 is 0 Å². The zero-order valence-corrected chi connectivity index (χ0v) is 6.49. The zero-order valence-electron chi connectivity index (χ0n) is 5.68. The van der Waals surface area contributed by atoms with Crippen LogP contribution in [0.15, 0.2) is 0 Å². The van der Waals surface area contributed by atoms with E-state index in [2.05, 4.69) is 0 Å². The van der Waals surface area contributed by atoms with E-state index in [0.717, 1.165) is 5.92 Å². The van der Waals surface area contributed by atoms with Crippen molar-refractivity contribution in [2.45, 2.75) is 25.7 Å². The van der Waals surface area contributed by atoms with E-state index in [-0.39, 0.29) is 0 Å². The lowest BCUT2D eigenvalue weighted by molar-refractivity contribution is 0.374. The molecule has 9 heavy (non-hydrogen) atoms. The van der Waals surface area contributed by atoms with Crippen molar-refractivity contribution >= 4 is 11.8 Å². The minimum atomic E-state index is 0.302. The van der Waals surface area contributed by atoms with Crippen molar-refractivity contribution in [3.8, 4) is 0 Å². The Labute approximate surface area is 60.8 Å². The average Bonchev–Trinajstić information content (AvgIpc) is 2.34. The van der Waals surface area contributed by atoms with Gasteiger partial charge in [-0.1, -0.05) is 12.8 Å². The van der Waals surface area contributed by atoms with Gasteiger partial charge in [0.2, 0.25) is 0 Å². The van der Waals surface area contributed by atoms with Crippen molar-refractivity contribution in [3.63, 3.8) is 0 Å². The molecule has 0 radical (unpaired) electrons. The molecule has 2 heteroatoms. The Morgan fingerprint density at radius 3 is 2.56 bits per heavy atom. The molecule has 1 aliphatic carbocycles. The largest absolute Gasteiger partial charge is 0.386 e. The molecular formula is C7H14OS. The highest BCUT2D eigenvalue weighted by atomic mass is 32.2. The summed E-state index contributed by atoms with van der Waals surface area (Å²) >= 11 is 1.66. The van der Waals surface area contributed by atoms with Gasteiger partial charge in [-0.3, -0.25) is 0 Å². The van der Waals surface area contributed by atoms with Gasteiger partial charge in [-0.15, -0.1) is 11.8 Å². The van der Waals surface area contributed by atoms with Crippen LogP contribution in [0.4, 0.5) is 0 Å². The number of aliphatic hydroxyl groups is 1. The van der Waals surface area contributed by atoms with Crippen LogP contribution < -0.4 is 0 Å². The molecule has 1 N–H and O–H groups in total. The normalized spacial score (nSPS) is 21.0. The number of rotatable bonds is 3. The predicted octanol–water partition coefficient (Wildman–Crippen LogP) is 1.86. The third-order valence-corrected chi connectivity index (χ3v) is 2.81. The quantitative estimate of drug-likeness (QED) is 0.613. The van der Waals surface area contributed by atoms with Crippen molar-refractivity contribution in [2.24, 2.45) is 5.92 Å². The fourth-order valence-electron chi connectivity index (χ4n) is 1.40. The fraction of sp³-hybridized carbons (Fsp3) is 1.00. The fourth-order valence-corrected chi connectivity index (χ4v) is 2.17. The molecule has 0 aromatic heterocycles. The van der Waals surface area contributed by atoms with E-state index in [1.54, 1.807) is 11.8 Å². The first-order chi connectivity index (χ1) is 4.43. The second-order valence-corrected chi connectivity index (χ2v) is 3.65. The lowest BCUT2D eigenvalue weighted by Gasteiger charge is -2.04. The Balaban J connectivity index is 1.98. The molecule has 1 fully saturated rings. The third-order valence-electron chi connectivity index (χ3n) is 1.92. The van der Waals surface area contributed by atoms with Crippen LogP contribution in [0.3, 0.4) is 0 Å². The zero-order chi connectivity index (χ0) is 6.53. The van der Waals surface area contributed by atoms with Gasteiger partial charge in [0.1, 0.15) is 0 Å². The molecule has 1 aliphatic rings. The van der Waals surface area contributed by atoms with Gasteiger partial charge in [-0.05, 0) is 24.5 Å². The maximum absolute atomic E-state index is 8.49. The van der Waals surface area contributed by atoms with Gasteiger partial charge in [0.05, 0.1) is 5.94 Å². The van der Waals surface area contributed by atoms with Gasteiger partial charge in [-0.25, -0.2) is 0 Å². The first kappa shape index (κ1) is 7.42. The predicted molar refractivity (Wildman–Crippen MR) is 41.5 cm³/mol. The van der Waals surface area contributed by atoms with Crippen molar-refractivity contribution in [2.75, 3.05) is 11.7 Å². The molecule has 0 aromatic rings. The van der Waals surface area contributed by atoms with Gasteiger partial charge in [0.15, 0.2) is 0 Å². The van der Waals surface area contributed by atoms with Crippen LogP contribution in [0.2, 0.25) is 0 Å². The minimum Gasteiger partial charge on any atom is -0.386 e. The SMILES string of the molecule is OCSCC1CCCC1. The number of hydrogen-bond donors (Lipinski definition) is 1. The second kappa shape index (κ2) is 4.18. The molecule has 0 bridgehead atoms. The summed E-state index contributed by atoms with van der Waals surface area (Å²) in [4.78, 5) is 0.